The molecule has 21 heavy (non-hydrogen) atoms. The molecule has 0 aliphatic carbocycles. The highest BCUT2D eigenvalue weighted by atomic mass is 35.5. The monoisotopic (exact) mass is 305 g/mol. The molecule has 1 atom stereocenters. The number of aryl methyl sites for hydroxylation is 1. The van der Waals surface area contributed by atoms with E-state index in [2.05, 4.69) is 30.4 Å². The van der Waals surface area contributed by atoms with Gasteiger partial charge in [0.25, 0.3) is 0 Å². The second-order valence-electron chi connectivity index (χ2n) is 5.34. The number of benzene rings is 1. The predicted molar refractivity (Wildman–Crippen MR) is 84.1 cm³/mol. The van der Waals surface area contributed by atoms with E-state index in [1.54, 1.807) is 6.26 Å². The van der Waals surface area contributed by atoms with Crippen LogP contribution in [0.2, 0.25) is 5.22 Å². The van der Waals surface area contributed by atoms with Crippen LogP contribution in [0.4, 0.5) is 0 Å². The van der Waals surface area contributed by atoms with E-state index in [-0.39, 0.29) is 6.04 Å². The van der Waals surface area contributed by atoms with Gasteiger partial charge in [-0.1, -0.05) is 19.1 Å². The third kappa shape index (κ3) is 3.25. The molecule has 0 bridgehead atoms. The highest BCUT2D eigenvalue weighted by Crippen LogP contribution is 2.29. The van der Waals surface area contributed by atoms with Gasteiger partial charge in [-0.15, -0.1) is 0 Å². The van der Waals surface area contributed by atoms with Crippen molar-refractivity contribution in [2.75, 3.05) is 13.2 Å². The van der Waals surface area contributed by atoms with Crippen LogP contribution >= 0.6 is 11.6 Å². The van der Waals surface area contributed by atoms with Crippen LogP contribution in [0.15, 0.2) is 34.9 Å². The molecule has 1 aliphatic heterocycles. The maximum Gasteiger partial charge on any atom is 0.197 e. The van der Waals surface area contributed by atoms with Gasteiger partial charge in [0.2, 0.25) is 0 Å². The lowest BCUT2D eigenvalue weighted by Gasteiger charge is -2.17. The first-order valence-electron chi connectivity index (χ1n) is 7.49. The number of nitrogens with one attached hydrogen (secondary N) is 1. The minimum atomic E-state index is 0.228. The van der Waals surface area contributed by atoms with Gasteiger partial charge in [0.15, 0.2) is 5.22 Å². The van der Waals surface area contributed by atoms with E-state index in [0.29, 0.717) is 5.22 Å². The second kappa shape index (κ2) is 6.54. The number of fused-ring (bicyclic) bond motifs is 1. The van der Waals surface area contributed by atoms with Crippen LogP contribution in [0.25, 0.3) is 0 Å². The summed E-state index contributed by atoms with van der Waals surface area (Å²) in [6, 6.07) is 8.69. The summed E-state index contributed by atoms with van der Waals surface area (Å²) in [5.74, 6) is 1.04. The van der Waals surface area contributed by atoms with E-state index in [0.717, 1.165) is 43.7 Å². The summed E-state index contributed by atoms with van der Waals surface area (Å²) < 4.78 is 10.8. The normalized spacial score (nSPS) is 14.8. The lowest BCUT2D eigenvalue weighted by molar-refractivity contribution is 0.357. The minimum Gasteiger partial charge on any atom is -0.493 e. The first kappa shape index (κ1) is 14.5. The molecule has 0 radical (unpaired) electrons. The Bertz CT molecular complexity index is 609. The molecule has 1 aromatic carbocycles. The predicted octanol–water partition coefficient (Wildman–Crippen LogP) is 4.15. The molecule has 0 saturated heterocycles. The SMILES string of the molecule is CCNC(CCc1ccc2c(c1)CCO2)c1ccoc1Cl. The number of hydrogen-bond acceptors (Lipinski definition) is 3. The third-order valence-corrected chi connectivity index (χ3v) is 4.25. The van der Waals surface area contributed by atoms with E-state index in [4.69, 9.17) is 20.8 Å². The van der Waals surface area contributed by atoms with Crippen LogP contribution in [-0.2, 0) is 12.8 Å². The molecule has 112 valence electrons. The lowest BCUT2D eigenvalue weighted by atomic mass is 9.99. The van der Waals surface area contributed by atoms with Crippen LogP contribution < -0.4 is 10.1 Å². The van der Waals surface area contributed by atoms with E-state index < -0.39 is 0 Å². The molecule has 1 N–H and O–H groups in total. The second-order valence-corrected chi connectivity index (χ2v) is 5.68. The Hall–Kier alpha value is -1.45. The highest BCUT2D eigenvalue weighted by molar-refractivity contribution is 6.29. The van der Waals surface area contributed by atoms with Crippen LogP contribution in [0, 0.1) is 0 Å². The zero-order valence-electron chi connectivity index (χ0n) is 12.2. The standard InChI is InChI=1S/C17H20ClNO2/c1-2-19-15(14-8-10-21-17(14)18)5-3-12-4-6-16-13(11-12)7-9-20-16/h4,6,8,10-11,15,19H,2-3,5,7,9H2,1H3. The fraction of sp³-hybridized carbons (Fsp3) is 0.412. The Balaban J connectivity index is 1.68. The maximum atomic E-state index is 6.11. The topological polar surface area (TPSA) is 34.4 Å². The van der Waals surface area contributed by atoms with Gasteiger partial charge < -0.3 is 14.5 Å². The zero-order valence-corrected chi connectivity index (χ0v) is 13.0. The van der Waals surface area contributed by atoms with Crippen molar-refractivity contribution in [3.8, 4) is 5.75 Å². The average Bonchev–Trinajstić information content (AvgIpc) is 3.11. The van der Waals surface area contributed by atoms with Gasteiger partial charge in [-0.05, 0) is 54.2 Å². The molecule has 1 unspecified atom stereocenters. The fourth-order valence-corrected chi connectivity index (χ4v) is 3.12. The Morgan fingerprint density at radius 2 is 2.24 bits per heavy atom. The molecule has 0 amide bonds. The average molecular weight is 306 g/mol. The first-order valence-corrected chi connectivity index (χ1v) is 7.86. The number of halogens is 1. The zero-order chi connectivity index (χ0) is 14.7. The van der Waals surface area contributed by atoms with Crippen LogP contribution in [0.1, 0.15) is 36.1 Å². The van der Waals surface area contributed by atoms with Crippen molar-refractivity contribution in [1.82, 2.24) is 5.32 Å². The maximum absolute atomic E-state index is 6.11. The van der Waals surface area contributed by atoms with Crippen LogP contribution in [0.3, 0.4) is 0 Å². The molecule has 3 rings (SSSR count). The fourth-order valence-electron chi connectivity index (χ4n) is 2.87. The van der Waals surface area contributed by atoms with Crippen molar-refractivity contribution in [2.45, 2.75) is 32.2 Å². The Labute approximate surface area is 130 Å². The van der Waals surface area contributed by atoms with E-state index in [1.165, 1.54) is 11.1 Å². The van der Waals surface area contributed by atoms with Crippen molar-refractivity contribution in [2.24, 2.45) is 0 Å². The van der Waals surface area contributed by atoms with E-state index in [1.807, 2.05) is 6.07 Å². The number of hydrogen-bond donors (Lipinski definition) is 1. The summed E-state index contributed by atoms with van der Waals surface area (Å²) in [5, 5.41) is 3.97. The van der Waals surface area contributed by atoms with Gasteiger partial charge in [0.1, 0.15) is 5.75 Å². The Morgan fingerprint density at radius 1 is 1.33 bits per heavy atom. The van der Waals surface area contributed by atoms with Crippen molar-refractivity contribution in [3.05, 3.63) is 52.4 Å². The smallest absolute Gasteiger partial charge is 0.197 e. The molecule has 3 nitrogen and oxygen atoms in total. The van der Waals surface area contributed by atoms with Crippen LogP contribution in [-0.4, -0.2) is 13.2 Å². The molecular weight excluding hydrogens is 286 g/mol. The summed E-state index contributed by atoms with van der Waals surface area (Å²) in [6.45, 7) is 3.82. The summed E-state index contributed by atoms with van der Waals surface area (Å²) in [6.07, 6.45) is 4.67. The van der Waals surface area contributed by atoms with Crippen molar-refractivity contribution in [1.29, 1.82) is 0 Å². The molecule has 4 heteroatoms. The quantitative estimate of drug-likeness (QED) is 0.870. The van der Waals surface area contributed by atoms with Crippen LogP contribution in [0.5, 0.6) is 5.75 Å². The molecule has 1 aliphatic rings. The van der Waals surface area contributed by atoms with E-state index in [9.17, 15) is 0 Å². The Morgan fingerprint density at radius 3 is 3.00 bits per heavy atom. The lowest BCUT2D eigenvalue weighted by Crippen LogP contribution is -2.21. The summed E-state index contributed by atoms with van der Waals surface area (Å²) in [4.78, 5) is 0. The molecule has 2 aromatic rings. The van der Waals surface area contributed by atoms with Gasteiger partial charge in [-0.2, -0.15) is 0 Å². The summed E-state index contributed by atoms with van der Waals surface area (Å²) >= 11 is 6.11. The van der Waals surface area contributed by atoms with Crippen molar-refractivity contribution in [3.63, 3.8) is 0 Å². The van der Waals surface area contributed by atoms with Gasteiger partial charge in [-0.3, -0.25) is 0 Å². The summed E-state index contributed by atoms with van der Waals surface area (Å²) in [5.41, 5.74) is 3.72. The van der Waals surface area contributed by atoms with Gasteiger partial charge in [0.05, 0.1) is 12.9 Å². The van der Waals surface area contributed by atoms with Gasteiger partial charge in [0, 0.05) is 18.0 Å². The van der Waals surface area contributed by atoms with Gasteiger partial charge >= 0.3 is 0 Å². The number of ether oxygens (including phenoxy) is 1. The molecule has 0 spiro atoms. The van der Waals surface area contributed by atoms with E-state index >= 15 is 0 Å². The van der Waals surface area contributed by atoms with Crippen molar-refractivity contribution >= 4 is 11.6 Å². The number of rotatable bonds is 6. The molecule has 0 fully saturated rings. The largest absolute Gasteiger partial charge is 0.493 e. The molecule has 0 saturated carbocycles. The van der Waals surface area contributed by atoms with Crippen molar-refractivity contribution < 1.29 is 9.15 Å². The molecule has 2 heterocycles. The number of furan rings is 1. The molecular formula is C17H20ClNO2. The molecule has 1 aromatic heterocycles. The summed E-state index contributed by atoms with van der Waals surface area (Å²) in [7, 11) is 0. The first-order chi connectivity index (χ1) is 10.3. The highest BCUT2D eigenvalue weighted by Gasteiger charge is 2.17. The Kier molecular flexibility index (Phi) is 4.51. The third-order valence-electron chi connectivity index (χ3n) is 3.95. The minimum absolute atomic E-state index is 0.228. The van der Waals surface area contributed by atoms with Gasteiger partial charge in [-0.25, -0.2) is 0 Å².